The van der Waals surface area contributed by atoms with Gasteiger partial charge in [0.2, 0.25) is 0 Å². The fraction of sp³-hybridized carbons (Fsp3) is 0.556. The van der Waals surface area contributed by atoms with Crippen LogP contribution in [0.5, 0.6) is 0 Å². The van der Waals surface area contributed by atoms with Crippen molar-refractivity contribution in [2.75, 3.05) is 17.7 Å². The van der Waals surface area contributed by atoms with E-state index < -0.39 is 6.04 Å². The average molecular weight is 228 g/mol. The Morgan fingerprint density at radius 1 is 1.73 bits per heavy atom. The fourth-order valence-electron chi connectivity index (χ4n) is 1.25. The van der Waals surface area contributed by atoms with Gasteiger partial charge in [0.15, 0.2) is 0 Å². The molecule has 0 unspecified atom stereocenters. The molecule has 0 aliphatic heterocycles. The van der Waals surface area contributed by atoms with E-state index in [1.54, 1.807) is 24.8 Å². The predicted octanol–water partition coefficient (Wildman–Crippen LogP) is 0.494. The summed E-state index contributed by atoms with van der Waals surface area (Å²) >= 11 is 1.67. The van der Waals surface area contributed by atoms with Gasteiger partial charge in [-0.25, -0.2) is 4.68 Å². The number of nitrogen functional groups attached to an aromatic ring is 1. The summed E-state index contributed by atoms with van der Waals surface area (Å²) in [5, 5.41) is 3.90. The van der Waals surface area contributed by atoms with E-state index in [1.807, 2.05) is 6.26 Å². The van der Waals surface area contributed by atoms with Crippen molar-refractivity contribution < 1.29 is 4.79 Å². The topological polar surface area (TPSA) is 86.9 Å². The predicted molar refractivity (Wildman–Crippen MR) is 63.0 cm³/mol. The number of carbonyl (C=O) groups is 1. The maximum atomic E-state index is 11.8. The smallest absolute Gasteiger partial charge is 0.264 e. The Morgan fingerprint density at radius 3 is 2.87 bits per heavy atom. The first-order valence-corrected chi connectivity index (χ1v) is 6.06. The normalized spacial score (nSPS) is 12.7. The van der Waals surface area contributed by atoms with Gasteiger partial charge in [-0.05, 0) is 25.4 Å². The third-order valence-electron chi connectivity index (χ3n) is 2.07. The van der Waals surface area contributed by atoms with Gasteiger partial charge < -0.3 is 11.5 Å². The first-order valence-electron chi connectivity index (χ1n) is 4.67. The van der Waals surface area contributed by atoms with Crippen LogP contribution in [0.3, 0.4) is 0 Å². The van der Waals surface area contributed by atoms with E-state index in [-0.39, 0.29) is 5.91 Å². The number of aromatic nitrogens is 2. The number of hydrogen-bond acceptors (Lipinski definition) is 5. The van der Waals surface area contributed by atoms with E-state index in [0.717, 1.165) is 11.4 Å². The molecule has 1 rings (SSSR count). The number of nitrogens with zero attached hydrogens (tertiary/aromatic N) is 2. The van der Waals surface area contributed by atoms with Gasteiger partial charge in [-0.1, -0.05) is 0 Å². The van der Waals surface area contributed by atoms with E-state index >= 15 is 0 Å². The molecule has 0 saturated heterocycles. The third kappa shape index (κ3) is 2.97. The molecular weight excluding hydrogens is 212 g/mol. The molecule has 0 aliphatic carbocycles. The molecule has 4 N–H and O–H groups in total. The second-order valence-corrected chi connectivity index (χ2v) is 4.33. The van der Waals surface area contributed by atoms with Crippen molar-refractivity contribution in [3.63, 3.8) is 0 Å². The Bertz CT molecular complexity index is 350. The molecule has 1 heterocycles. The molecule has 84 valence electrons. The molecule has 0 radical (unpaired) electrons. The van der Waals surface area contributed by atoms with Crippen LogP contribution < -0.4 is 11.5 Å². The van der Waals surface area contributed by atoms with Crippen LogP contribution in [0.25, 0.3) is 0 Å². The molecule has 5 nitrogen and oxygen atoms in total. The quantitative estimate of drug-likeness (QED) is 0.783. The standard InChI is InChI=1S/C9H16N4OS/c1-6-5-8(11)12-13(6)9(14)7(10)3-4-15-2/h5,7H,3-4,10H2,1-2H3,(H2,11,12)/t7-/m0/s1. The third-order valence-corrected chi connectivity index (χ3v) is 2.71. The Hall–Kier alpha value is -1.01. The second-order valence-electron chi connectivity index (χ2n) is 3.35. The van der Waals surface area contributed by atoms with Crippen molar-refractivity contribution >= 4 is 23.5 Å². The van der Waals surface area contributed by atoms with Gasteiger partial charge in [-0.3, -0.25) is 4.79 Å². The van der Waals surface area contributed by atoms with E-state index in [4.69, 9.17) is 11.5 Å². The second kappa shape index (κ2) is 5.18. The summed E-state index contributed by atoms with van der Waals surface area (Å²) in [6, 6.07) is 1.15. The summed E-state index contributed by atoms with van der Waals surface area (Å²) in [6.07, 6.45) is 2.63. The zero-order valence-corrected chi connectivity index (χ0v) is 9.75. The molecule has 0 aliphatic rings. The number of rotatable bonds is 4. The maximum absolute atomic E-state index is 11.8. The van der Waals surface area contributed by atoms with Gasteiger partial charge in [0.1, 0.15) is 5.82 Å². The highest BCUT2D eigenvalue weighted by Gasteiger charge is 2.17. The molecule has 6 heteroatoms. The van der Waals surface area contributed by atoms with Crippen LogP contribution in [-0.2, 0) is 0 Å². The van der Waals surface area contributed by atoms with Gasteiger partial charge in [-0.15, -0.1) is 5.10 Å². The van der Waals surface area contributed by atoms with Crippen LogP contribution in [0.2, 0.25) is 0 Å². The summed E-state index contributed by atoms with van der Waals surface area (Å²) in [6.45, 7) is 1.78. The fourth-order valence-corrected chi connectivity index (χ4v) is 1.74. The van der Waals surface area contributed by atoms with E-state index in [9.17, 15) is 4.79 Å². The molecule has 0 bridgehead atoms. The molecule has 1 aromatic rings. The summed E-state index contributed by atoms with van der Waals surface area (Å²) < 4.78 is 1.28. The lowest BCUT2D eigenvalue weighted by Gasteiger charge is -2.10. The maximum Gasteiger partial charge on any atom is 0.264 e. The van der Waals surface area contributed by atoms with Gasteiger partial charge >= 0.3 is 0 Å². The zero-order valence-electron chi connectivity index (χ0n) is 8.93. The molecule has 0 fully saturated rings. The zero-order chi connectivity index (χ0) is 11.4. The Kier molecular flexibility index (Phi) is 4.16. The molecule has 0 aromatic carbocycles. The van der Waals surface area contributed by atoms with Crippen molar-refractivity contribution in [1.82, 2.24) is 9.78 Å². The number of carbonyl (C=O) groups excluding carboxylic acids is 1. The summed E-state index contributed by atoms with van der Waals surface area (Å²) in [4.78, 5) is 11.8. The first-order chi connectivity index (χ1) is 7.06. The van der Waals surface area contributed by atoms with Gasteiger partial charge in [0.25, 0.3) is 5.91 Å². The Labute approximate surface area is 93.2 Å². The SMILES string of the molecule is CSCC[C@H](N)C(=O)n1nc(N)cc1C. The summed E-state index contributed by atoms with van der Waals surface area (Å²) in [5.74, 6) is 1.01. The van der Waals surface area contributed by atoms with Crippen LogP contribution in [-0.4, -0.2) is 33.7 Å². The highest BCUT2D eigenvalue weighted by atomic mass is 32.2. The number of anilines is 1. The molecule has 0 spiro atoms. The number of thioether (sulfide) groups is 1. The van der Waals surface area contributed by atoms with Gasteiger partial charge in [0, 0.05) is 11.8 Å². The molecule has 0 amide bonds. The number of aryl methyl sites for hydroxylation is 1. The molecule has 0 saturated carbocycles. The molecular formula is C9H16N4OS. The average Bonchev–Trinajstić information content (AvgIpc) is 2.53. The minimum Gasteiger partial charge on any atom is -0.382 e. The van der Waals surface area contributed by atoms with Crippen LogP contribution in [0.15, 0.2) is 6.07 Å². The number of hydrogen-bond donors (Lipinski definition) is 2. The van der Waals surface area contributed by atoms with Crippen LogP contribution in [0.4, 0.5) is 5.82 Å². The van der Waals surface area contributed by atoms with Gasteiger partial charge in [-0.2, -0.15) is 11.8 Å². The lowest BCUT2D eigenvalue weighted by Crippen LogP contribution is -2.36. The highest BCUT2D eigenvalue weighted by Crippen LogP contribution is 2.07. The minimum absolute atomic E-state index is 0.196. The number of nitrogens with two attached hydrogens (primary N) is 2. The monoisotopic (exact) mass is 228 g/mol. The first kappa shape index (κ1) is 12.1. The van der Waals surface area contributed by atoms with Crippen LogP contribution in [0.1, 0.15) is 16.9 Å². The highest BCUT2D eigenvalue weighted by molar-refractivity contribution is 7.98. The van der Waals surface area contributed by atoms with Crippen LogP contribution >= 0.6 is 11.8 Å². The van der Waals surface area contributed by atoms with Gasteiger partial charge in [0.05, 0.1) is 6.04 Å². The Balaban J connectivity index is 2.71. The van der Waals surface area contributed by atoms with Crippen molar-refractivity contribution in [2.24, 2.45) is 5.73 Å². The Morgan fingerprint density at radius 2 is 2.40 bits per heavy atom. The van der Waals surface area contributed by atoms with Crippen molar-refractivity contribution in [1.29, 1.82) is 0 Å². The van der Waals surface area contributed by atoms with E-state index in [2.05, 4.69) is 5.10 Å². The lowest BCUT2D eigenvalue weighted by molar-refractivity contribution is 0.0859. The summed E-state index contributed by atoms with van der Waals surface area (Å²) in [5.41, 5.74) is 12.0. The van der Waals surface area contributed by atoms with E-state index in [1.165, 1.54) is 4.68 Å². The van der Waals surface area contributed by atoms with Crippen molar-refractivity contribution in [2.45, 2.75) is 19.4 Å². The largest absolute Gasteiger partial charge is 0.382 e. The molecule has 1 atom stereocenters. The lowest BCUT2D eigenvalue weighted by atomic mass is 10.2. The molecule has 15 heavy (non-hydrogen) atoms. The van der Waals surface area contributed by atoms with Crippen molar-refractivity contribution in [3.8, 4) is 0 Å². The van der Waals surface area contributed by atoms with Crippen LogP contribution in [0, 0.1) is 6.92 Å². The minimum atomic E-state index is -0.504. The van der Waals surface area contributed by atoms with E-state index in [0.29, 0.717) is 12.2 Å². The van der Waals surface area contributed by atoms with Crippen molar-refractivity contribution in [3.05, 3.63) is 11.8 Å². The molecule has 1 aromatic heterocycles. The summed E-state index contributed by atoms with van der Waals surface area (Å²) in [7, 11) is 0.